The Labute approximate surface area is 150 Å². The van der Waals surface area contributed by atoms with Crippen molar-refractivity contribution in [3.63, 3.8) is 0 Å². The fourth-order valence-electron chi connectivity index (χ4n) is 2.11. The predicted octanol–water partition coefficient (Wildman–Crippen LogP) is 4.66. The molecule has 0 bridgehead atoms. The minimum Gasteiger partial charge on any atom is -0.296 e. The standard InChI is InChI=1S/C17H20N4OS2/c1-2-3-4-5-6-9-15-20-21-17(24-15)19-16(22)13(12-18)11-14-8-7-10-23-14/h7-8,10-11H,2-6,9H2,1H3,(H,19,21,22)/b13-11-. The van der Waals surface area contributed by atoms with Gasteiger partial charge in [-0.25, -0.2) is 0 Å². The summed E-state index contributed by atoms with van der Waals surface area (Å²) in [5, 5.41) is 23.2. The minimum absolute atomic E-state index is 0.0637. The molecule has 0 saturated carbocycles. The Morgan fingerprint density at radius 3 is 2.88 bits per heavy atom. The zero-order valence-electron chi connectivity index (χ0n) is 13.6. The normalized spacial score (nSPS) is 11.2. The predicted molar refractivity (Wildman–Crippen MR) is 98.9 cm³/mol. The highest BCUT2D eigenvalue weighted by atomic mass is 32.1. The van der Waals surface area contributed by atoms with Gasteiger partial charge in [-0.1, -0.05) is 50.0 Å². The van der Waals surface area contributed by atoms with Gasteiger partial charge in [0.25, 0.3) is 5.91 Å². The van der Waals surface area contributed by atoms with Crippen LogP contribution in [0.15, 0.2) is 23.1 Å². The number of unbranched alkanes of at least 4 members (excludes halogenated alkanes) is 4. The second-order valence-electron chi connectivity index (χ2n) is 5.30. The second kappa shape index (κ2) is 9.96. The molecule has 0 aromatic carbocycles. The number of carbonyl (C=O) groups excluding carboxylic acids is 1. The number of amides is 1. The maximum absolute atomic E-state index is 12.2. The highest BCUT2D eigenvalue weighted by Crippen LogP contribution is 2.19. The smallest absolute Gasteiger partial charge is 0.268 e. The summed E-state index contributed by atoms with van der Waals surface area (Å²) in [4.78, 5) is 13.0. The Morgan fingerprint density at radius 1 is 1.33 bits per heavy atom. The number of rotatable bonds is 9. The molecule has 0 radical (unpaired) electrons. The summed E-state index contributed by atoms with van der Waals surface area (Å²) in [6, 6.07) is 5.67. The molecule has 1 N–H and O–H groups in total. The zero-order valence-corrected chi connectivity index (χ0v) is 15.3. The van der Waals surface area contributed by atoms with Gasteiger partial charge in [-0.05, 0) is 23.9 Å². The summed E-state index contributed by atoms with van der Waals surface area (Å²) in [5.74, 6) is -0.448. The Bertz CT molecular complexity index is 713. The first kappa shape index (κ1) is 18.3. The van der Waals surface area contributed by atoms with Gasteiger partial charge in [-0.2, -0.15) is 5.26 Å². The molecule has 2 rings (SSSR count). The lowest BCUT2D eigenvalue weighted by Crippen LogP contribution is -2.13. The van der Waals surface area contributed by atoms with Crippen LogP contribution in [0.25, 0.3) is 6.08 Å². The van der Waals surface area contributed by atoms with Crippen LogP contribution in [0.4, 0.5) is 5.13 Å². The molecule has 1 amide bonds. The molecule has 0 spiro atoms. The van der Waals surface area contributed by atoms with E-state index in [0.717, 1.165) is 22.7 Å². The molecule has 2 aromatic rings. The lowest BCUT2D eigenvalue weighted by molar-refractivity contribution is -0.112. The van der Waals surface area contributed by atoms with Crippen LogP contribution in [0.2, 0.25) is 0 Å². The molecule has 0 atom stereocenters. The number of carbonyl (C=O) groups is 1. The minimum atomic E-state index is -0.448. The summed E-state index contributed by atoms with van der Waals surface area (Å²) < 4.78 is 0. The van der Waals surface area contributed by atoms with Crippen LogP contribution in [0.1, 0.15) is 48.9 Å². The van der Waals surface area contributed by atoms with Crippen molar-refractivity contribution >= 4 is 39.8 Å². The van der Waals surface area contributed by atoms with Crippen molar-refractivity contribution < 1.29 is 4.79 Å². The third-order valence-corrected chi connectivity index (χ3v) is 5.09. The third kappa shape index (κ3) is 5.87. The molecule has 0 fully saturated rings. The summed E-state index contributed by atoms with van der Waals surface area (Å²) in [6.07, 6.45) is 8.49. The summed E-state index contributed by atoms with van der Waals surface area (Å²) in [7, 11) is 0. The van der Waals surface area contributed by atoms with E-state index in [9.17, 15) is 4.79 Å². The van der Waals surface area contributed by atoms with Crippen molar-refractivity contribution in [2.75, 3.05) is 5.32 Å². The summed E-state index contributed by atoms with van der Waals surface area (Å²) >= 11 is 2.85. The molecule has 126 valence electrons. The van der Waals surface area contributed by atoms with Gasteiger partial charge < -0.3 is 0 Å². The van der Waals surface area contributed by atoms with E-state index in [0.29, 0.717) is 5.13 Å². The number of hydrogen-bond acceptors (Lipinski definition) is 6. The van der Waals surface area contributed by atoms with E-state index in [2.05, 4.69) is 22.4 Å². The number of thiophene rings is 1. The average Bonchev–Trinajstić information content (AvgIpc) is 3.24. The maximum Gasteiger partial charge on any atom is 0.268 e. The Balaban J connectivity index is 1.87. The number of anilines is 1. The third-order valence-electron chi connectivity index (χ3n) is 3.38. The van der Waals surface area contributed by atoms with Crippen molar-refractivity contribution in [1.82, 2.24) is 10.2 Å². The van der Waals surface area contributed by atoms with Gasteiger partial charge in [0, 0.05) is 11.3 Å². The molecular formula is C17H20N4OS2. The first-order valence-corrected chi connectivity index (χ1v) is 9.71. The molecule has 0 aliphatic carbocycles. The summed E-state index contributed by atoms with van der Waals surface area (Å²) in [6.45, 7) is 2.20. The van der Waals surface area contributed by atoms with E-state index in [1.807, 2.05) is 23.6 Å². The van der Waals surface area contributed by atoms with E-state index in [1.54, 1.807) is 6.08 Å². The highest BCUT2D eigenvalue weighted by molar-refractivity contribution is 7.15. The fourth-order valence-corrected chi connectivity index (χ4v) is 3.55. The first-order valence-electron chi connectivity index (χ1n) is 8.02. The van der Waals surface area contributed by atoms with E-state index in [1.165, 1.54) is 48.4 Å². The average molecular weight is 361 g/mol. The van der Waals surface area contributed by atoms with Gasteiger partial charge in [0.2, 0.25) is 5.13 Å². The highest BCUT2D eigenvalue weighted by Gasteiger charge is 2.13. The van der Waals surface area contributed by atoms with Crippen LogP contribution in [-0.2, 0) is 11.2 Å². The van der Waals surface area contributed by atoms with Crippen LogP contribution in [0.5, 0.6) is 0 Å². The quantitative estimate of drug-likeness (QED) is 0.401. The van der Waals surface area contributed by atoms with Crippen molar-refractivity contribution in [2.45, 2.75) is 45.4 Å². The molecule has 2 aromatic heterocycles. The van der Waals surface area contributed by atoms with Crippen LogP contribution in [0, 0.1) is 11.3 Å². The molecule has 24 heavy (non-hydrogen) atoms. The number of nitrogens with zero attached hydrogens (tertiary/aromatic N) is 3. The van der Waals surface area contributed by atoms with Gasteiger partial charge in [-0.3, -0.25) is 10.1 Å². The monoisotopic (exact) mass is 360 g/mol. The Morgan fingerprint density at radius 2 is 2.17 bits per heavy atom. The van der Waals surface area contributed by atoms with E-state index >= 15 is 0 Å². The van der Waals surface area contributed by atoms with Crippen LogP contribution in [0.3, 0.4) is 0 Å². The zero-order chi connectivity index (χ0) is 17.2. The van der Waals surface area contributed by atoms with Crippen LogP contribution in [-0.4, -0.2) is 16.1 Å². The second-order valence-corrected chi connectivity index (χ2v) is 7.35. The lowest BCUT2D eigenvalue weighted by atomic mass is 10.1. The fraction of sp³-hybridized carbons (Fsp3) is 0.412. The number of nitrogens with one attached hydrogen (secondary N) is 1. The molecule has 0 aliphatic heterocycles. The van der Waals surface area contributed by atoms with Crippen LogP contribution < -0.4 is 5.32 Å². The molecule has 5 nitrogen and oxygen atoms in total. The Hall–Kier alpha value is -2.04. The van der Waals surface area contributed by atoms with Crippen molar-refractivity contribution in [3.05, 3.63) is 33.0 Å². The van der Waals surface area contributed by atoms with E-state index in [-0.39, 0.29) is 5.57 Å². The van der Waals surface area contributed by atoms with Gasteiger partial charge in [0.1, 0.15) is 16.6 Å². The molecule has 0 unspecified atom stereocenters. The largest absolute Gasteiger partial charge is 0.296 e. The number of aryl methyl sites for hydroxylation is 1. The molecule has 7 heteroatoms. The lowest BCUT2D eigenvalue weighted by Gasteiger charge is -1.98. The van der Waals surface area contributed by atoms with Gasteiger partial charge in [0.05, 0.1) is 0 Å². The number of aromatic nitrogens is 2. The Kier molecular flexibility index (Phi) is 7.59. The van der Waals surface area contributed by atoms with Gasteiger partial charge in [0.15, 0.2) is 0 Å². The molecule has 0 aliphatic rings. The van der Waals surface area contributed by atoms with Gasteiger partial charge in [-0.15, -0.1) is 21.5 Å². The number of hydrogen-bond donors (Lipinski definition) is 1. The van der Waals surface area contributed by atoms with Gasteiger partial charge >= 0.3 is 0 Å². The summed E-state index contributed by atoms with van der Waals surface area (Å²) in [5.41, 5.74) is 0.0637. The molecular weight excluding hydrogens is 340 g/mol. The SMILES string of the molecule is CCCCCCCc1nnc(NC(=O)/C(C#N)=C\c2cccs2)s1. The number of nitriles is 1. The van der Waals surface area contributed by atoms with Crippen molar-refractivity contribution in [2.24, 2.45) is 0 Å². The molecule has 0 saturated heterocycles. The molecule has 2 heterocycles. The van der Waals surface area contributed by atoms with Crippen LogP contribution >= 0.6 is 22.7 Å². The maximum atomic E-state index is 12.2. The van der Waals surface area contributed by atoms with E-state index in [4.69, 9.17) is 5.26 Å². The van der Waals surface area contributed by atoms with Crippen molar-refractivity contribution in [3.8, 4) is 6.07 Å². The van der Waals surface area contributed by atoms with E-state index < -0.39 is 5.91 Å². The first-order chi connectivity index (χ1) is 11.7. The van der Waals surface area contributed by atoms with Crippen molar-refractivity contribution in [1.29, 1.82) is 5.26 Å². The topological polar surface area (TPSA) is 78.7 Å².